The number of nitrogens with zero attached hydrogens (tertiary/aromatic N) is 3. The van der Waals surface area contributed by atoms with E-state index in [1.807, 2.05) is 32.0 Å². The summed E-state index contributed by atoms with van der Waals surface area (Å²) in [6.07, 6.45) is 3.81. The number of pyridine rings is 2. The predicted octanol–water partition coefficient (Wildman–Crippen LogP) is 4.43. The molecule has 0 unspecified atom stereocenters. The molecular weight excluding hydrogens is 329 g/mol. The van der Waals surface area contributed by atoms with Crippen LogP contribution in [0.3, 0.4) is 0 Å². The largest absolute Gasteiger partial charge is 0.489 e. The average Bonchev–Trinajstić information content (AvgIpc) is 2.64. The Balaban J connectivity index is 1.50. The van der Waals surface area contributed by atoms with Crippen molar-refractivity contribution >= 4 is 16.6 Å². The summed E-state index contributed by atoms with van der Waals surface area (Å²) in [4.78, 5) is 11.1. The minimum Gasteiger partial charge on any atom is -0.489 e. The number of ether oxygens (including phenoxy) is 1. The van der Waals surface area contributed by atoms with Crippen LogP contribution in [0.5, 0.6) is 5.75 Å². The number of hydrogen-bond acceptors (Lipinski definition) is 4. The number of fused-ring (bicyclic) bond motifs is 1. The van der Waals surface area contributed by atoms with Gasteiger partial charge < -0.3 is 9.64 Å². The molecule has 0 radical (unpaired) electrons. The molecule has 0 saturated carbocycles. The van der Waals surface area contributed by atoms with Crippen LogP contribution in [-0.2, 0) is 0 Å². The average molecular weight is 351 g/mol. The Morgan fingerprint density at radius 1 is 1.04 bits per heavy atom. The second-order valence-corrected chi connectivity index (χ2v) is 6.88. The fourth-order valence-corrected chi connectivity index (χ4v) is 3.50. The molecule has 4 nitrogen and oxygen atoms in total. The van der Waals surface area contributed by atoms with E-state index >= 15 is 0 Å². The quantitative estimate of drug-likeness (QED) is 0.699. The minimum atomic E-state index is -0.227. The van der Waals surface area contributed by atoms with Gasteiger partial charge in [-0.1, -0.05) is 0 Å². The Labute approximate surface area is 152 Å². The van der Waals surface area contributed by atoms with Crippen LogP contribution in [0, 0.1) is 19.7 Å². The van der Waals surface area contributed by atoms with Gasteiger partial charge in [0, 0.05) is 48.4 Å². The molecule has 134 valence electrons. The highest BCUT2D eigenvalue weighted by Gasteiger charge is 2.22. The van der Waals surface area contributed by atoms with Gasteiger partial charge in [0.25, 0.3) is 0 Å². The molecule has 0 N–H and O–H groups in total. The van der Waals surface area contributed by atoms with Crippen molar-refractivity contribution in [1.82, 2.24) is 9.97 Å². The van der Waals surface area contributed by atoms with Crippen LogP contribution in [0.4, 0.5) is 10.1 Å². The minimum absolute atomic E-state index is 0.182. The fourth-order valence-electron chi connectivity index (χ4n) is 3.50. The Morgan fingerprint density at radius 2 is 1.85 bits per heavy atom. The summed E-state index contributed by atoms with van der Waals surface area (Å²) in [5, 5.41) is 0.873. The summed E-state index contributed by atoms with van der Waals surface area (Å²) in [6, 6.07) is 10.8. The highest BCUT2D eigenvalue weighted by molar-refractivity contribution is 5.92. The zero-order chi connectivity index (χ0) is 18.1. The van der Waals surface area contributed by atoms with Crippen molar-refractivity contribution in [3.63, 3.8) is 0 Å². The van der Waals surface area contributed by atoms with Crippen molar-refractivity contribution in [3.8, 4) is 5.75 Å². The SMILES string of the molecule is Cc1ccc(OC2CCN(c3cc(C)nc4ccc(F)cc34)CC2)cn1. The molecule has 1 saturated heterocycles. The molecule has 5 heteroatoms. The molecule has 1 aliphatic heterocycles. The fraction of sp³-hybridized carbons (Fsp3) is 0.333. The number of benzene rings is 1. The first kappa shape index (κ1) is 16.8. The summed E-state index contributed by atoms with van der Waals surface area (Å²) in [7, 11) is 0. The lowest BCUT2D eigenvalue weighted by Gasteiger charge is -2.34. The third-order valence-corrected chi connectivity index (χ3v) is 4.85. The van der Waals surface area contributed by atoms with E-state index in [1.54, 1.807) is 18.3 Å². The van der Waals surface area contributed by atoms with Gasteiger partial charge in [0.15, 0.2) is 0 Å². The van der Waals surface area contributed by atoms with E-state index in [2.05, 4.69) is 14.9 Å². The zero-order valence-corrected chi connectivity index (χ0v) is 15.1. The molecule has 3 heterocycles. The van der Waals surface area contributed by atoms with Gasteiger partial charge in [-0.05, 0) is 50.2 Å². The molecule has 0 aliphatic carbocycles. The highest BCUT2D eigenvalue weighted by Crippen LogP contribution is 2.30. The Morgan fingerprint density at radius 3 is 2.58 bits per heavy atom. The monoisotopic (exact) mass is 351 g/mol. The van der Waals surface area contributed by atoms with E-state index in [4.69, 9.17) is 4.74 Å². The Bertz CT molecular complexity index is 918. The third kappa shape index (κ3) is 3.47. The molecule has 4 rings (SSSR count). The first-order valence-corrected chi connectivity index (χ1v) is 9.00. The maximum absolute atomic E-state index is 13.7. The van der Waals surface area contributed by atoms with Gasteiger partial charge >= 0.3 is 0 Å². The lowest BCUT2D eigenvalue weighted by atomic mass is 10.0. The number of aromatic nitrogens is 2. The van der Waals surface area contributed by atoms with Gasteiger partial charge in [0.1, 0.15) is 17.7 Å². The van der Waals surface area contributed by atoms with Crippen LogP contribution in [-0.4, -0.2) is 29.2 Å². The molecule has 0 spiro atoms. The summed E-state index contributed by atoms with van der Waals surface area (Å²) >= 11 is 0. The summed E-state index contributed by atoms with van der Waals surface area (Å²) in [6.45, 7) is 5.69. The van der Waals surface area contributed by atoms with Crippen LogP contribution < -0.4 is 9.64 Å². The lowest BCUT2D eigenvalue weighted by molar-refractivity contribution is 0.170. The molecular formula is C21H22FN3O. The van der Waals surface area contributed by atoms with E-state index in [1.165, 1.54) is 6.07 Å². The maximum Gasteiger partial charge on any atom is 0.138 e. The van der Waals surface area contributed by atoms with Crippen LogP contribution >= 0.6 is 0 Å². The second kappa shape index (κ2) is 6.90. The zero-order valence-electron chi connectivity index (χ0n) is 15.1. The van der Waals surface area contributed by atoms with Crippen LogP contribution in [0.15, 0.2) is 42.6 Å². The van der Waals surface area contributed by atoms with Crippen molar-refractivity contribution in [2.45, 2.75) is 32.8 Å². The van der Waals surface area contributed by atoms with E-state index in [0.717, 1.165) is 59.7 Å². The summed E-state index contributed by atoms with van der Waals surface area (Å²) < 4.78 is 19.8. The number of anilines is 1. The topological polar surface area (TPSA) is 38.2 Å². The molecule has 1 aliphatic rings. The van der Waals surface area contributed by atoms with Crippen molar-refractivity contribution in [3.05, 3.63) is 59.8 Å². The van der Waals surface area contributed by atoms with Crippen molar-refractivity contribution in [2.24, 2.45) is 0 Å². The predicted molar refractivity (Wildman–Crippen MR) is 101 cm³/mol. The highest BCUT2D eigenvalue weighted by atomic mass is 19.1. The van der Waals surface area contributed by atoms with E-state index in [0.29, 0.717) is 0 Å². The maximum atomic E-state index is 13.7. The van der Waals surface area contributed by atoms with Gasteiger partial charge in [0.2, 0.25) is 0 Å². The van der Waals surface area contributed by atoms with E-state index in [-0.39, 0.29) is 11.9 Å². The van der Waals surface area contributed by atoms with Gasteiger partial charge in [-0.25, -0.2) is 4.39 Å². The Kier molecular flexibility index (Phi) is 4.45. The second-order valence-electron chi connectivity index (χ2n) is 6.88. The molecule has 26 heavy (non-hydrogen) atoms. The number of aryl methyl sites for hydroxylation is 2. The molecule has 0 amide bonds. The molecule has 3 aromatic rings. The molecule has 2 aromatic heterocycles. The molecule has 0 bridgehead atoms. The summed E-state index contributed by atoms with van der Waals surface area (Å²) in [5.74, 6) is 0.593. The molecule has 1 aromatic carbocycles. The molecule has 0 atom stereocenters. The van der Waals surface area contributed by atoms with Crippen LogP contribution in [0.2, 0.25) is 0 Å². The van der Waals surface area contributed by atoms with Crippen molar-refractivity contribution < 1.29 is 9.13 Å². The smallest absolute Gasteiger partial charge is 0.138 e. The molecule has 1 fully saturated rings. The Hall–Kier alpha value is -2.69. The summed E-state index contributed by atoms with van der Waals surface area (Å²) in [5.41, 5.74) is 3.83. The third-order valence-electron chi connectivity index (χ3n) is 4.85. The van der Waals surface area contributed by atoms with Gasteiger partial charge in [0.05, 0.1) is 11.7 Å². The number of piperidine rings is 1. The number of hydrogen-bond donors (Lipinski definition) is 0. The first-order valence-electron chi connectivity index (χ1n) is 9.00. The van der Waals surface area contributed by atoms with Crippen molar-refractivity contribution in [2.75, 3.05) is 18.0 Å². The van der Waals surface area contributed by atoms with E-state index < -0.39 is 0 Å². The number of rotatable bonds is 3. The van der Waals surface area contributed by atoms with E-state index in [9.17, 15) is 4.39 Å². The van der Waals surface area contributed by atoms with Crippen molar-refractivity contribution in [1.29, 1.82) is 0 Å². The van der Waals surface area contributed by atoms with Crippen LogP contribution in [0.1, 0.15) is 24.2 Å². The normalized spacial score (nSPS) is 15.4. The lowest BCUT2D eigenvalue weighted by Crippen LogP contribution is -2.38. The number of halogens is 1. The van der Waals surface area contributed by atoms with Gasteiger partial charge in [-0.3, -0.25) is 9.97 Å². The van der Waals surface area contributed by atoms with Crippen LogP contribution in [0.25, 0.3) is 10.9 Å². The first-order chi connectivity index (χ1) is 12.6. The van der Waals surface area contributed by atoms with Gasteiger partial charge in [-0.2, -0.15) is 0 Å². The standard InChI is InChI=1S/C21H22FN3O/c1-14-3-5-18(13-23-14)26-17-7-9-25(10-8-17)21-11-15(2)24-20-6-4-16(22)12-19(20)21/h3-6,11-13,17H,7-10H2,1-2H3. The van der Waals surface area contributed by atoms with Gasteiger partial charge in [-0.15, -0.1) is 0 Å².